The number of halogens is 1. The van der Waals surface area contributed by atoms with Crippen LogP contribution in [0.2, 0.25) is 0 Å². The zero-order valence-electron chi connectivity index (χ0n) is 7.67. The van der Waals surface area contributed by atoms with Crippen LogP contribution in [0.4, 0.5) is 0 Å². The van der Waals surface area contributed by atoms with E-state index in [0.717, 1.165) is 16.3 Å². The Balaban J connectivity index is 2.65. The van der Waals surface area contributed by atoms with Crippen LogP contribution >= 0.6 is 15.9 Å². The number of ether oxygens (including phenoxy) is 2. The van der Waals surface area contributed by atoms with E-state index in [1.807, 2.05) is 13.0 Å². The molecule has 74 valence electrons. The Morgan fingerprint density at radius 1 is 1.43 bits per heavy atom. The lowest BCUT2D eigenvalue weighted by Crippen LogP contribution is -2.17. The van der Waals surface area contributed by atoms with E-state index in [1.54, 1.807) is 0 Å². The monoisotopic (exact) mass is 256 g/mol. The van der Waals surface area contributed by atoms with Crippen molar-refractivity contribution in [2.75, 3.05) is 13.2 Å². The summed E-state index contributed by atoms with van der Waals surface area (Å²) < 4.78 is 11.7. The summed E-state index contributed by atoms with van der Waals surface area (Å²) >= 11 is 3.37. The summed E-state index contributed by atoms with van der Waals surface area (Å²) in [5.74, 6) is 1.20. The molecular weight excluding hydrogens is 248 g/mol. The summed E-state index contributed by atoms with van der Waals surface area (Å²) in [6, 6.07) is 1.83. The van der Waals surface area contributed by atoms with E-state index in [-0.39, 0.29) is 0 Å². The fraction of sp³-hybridized carbons (Fsp3) is 0.300. The maximum atomic E-state index is 10.9. The number of rotatable bonds is 1. The third-order valence-corrected chi connectivity index (χ3v) is 3.02. The highest BCUT2D eigenvalue weighted by Crippen LogP contribution is 2.38. The number of benzene rings is 1. The standard InChI is InChI=1S/C10H9BrO3/c1-6-7(5-12)10-9(4-8(6)11)13-2-3-14-10/h4-5H,2-3H2,1H3. The minimum Gasteiger partial charge on any atom is -0.486 e. The Bertz CT molecular complexity index is 387. The fourth-order valence-electron chi connectivity index (χ4n) is 1.41. The van der Waals surface area contributed by atoms with Crippen LogP contribution < -0.4 is 9.47 Å². The quantitative estimate of drug-likeness (QED) is 0.724. The molecule has 0 N–H and O–H groups in total. The zero-order valence-corrected chi connectivity index (χ0v) is 9.26. The Kier molecular flexibility index (Phi) is 2.46. The second-order valence-electron chi connectivity index (χ2n) is 3.04. The predicted molar refractivity (Wildman–Crippen MR) is 55.3 cm³/mol. The van der Waals surface area contributed by atoms with Gasteiger partial charge in [-0.2, -0.15) is 0 Å². The summed E-state index contributed by atoms with van der Waals surface area (Å²) in [7, 11) is 0. The highest BCUT2D eigenvalue weighted by molar-refractivity contribution is 9.10. The second-order valence-corrected chi connectivity index (χ2v) is 3.89. The number of fused-ring (bicyclic) bond motifs is 1. The van der Waals surface area contributed by atoms with Crippen molar-refractivity contribution in [1.82, 2.24) is 0 Å². The molecule has 4 heteroatoms. The molecule has 0 spiro atoms. The fourth-order valence-corrected chi connectivity index (χ4v) is 1.84. The molecule has 1 aliphatic rings. The van der Waals surface area contributed by atoms with Crippen LogP contribution in [0.1, 0.15) is 15.9 Å². The number of hydrogen-bond donors (Lipinski definition) is 0. The summed E-state index contributed by atoms with van der Waals surface area (Å²) in [5.41, 5.74) is 1.44. The molecule has 0 bridgehead atoms. The largest absolute Gasteiger partial charge is 0.486 e. The molecule has 0 aromatic heterocycles. The molecule has 0 saturated carbocycles. The molecule has 0 atom stereocenters. The van der Waals surface area contributed by atoms with Gasteiger partial charge in [0.25, 0.3) is 0 Å². The van der Waals surface area contributed by atoms with Gasteiger partial charge in [0.1, 0.15) is 13.2 Å². The number of aldehydes is 1. The van der Waals surface area contributed by atoms with E-state index in [9.17, 15) is 4.79 Å². The molecule has 3 nitrogen and oxygen atoms in total. The van der Waals surface area contributed by atoms with Crippen LogP contribution in [0, 0.1) is 6.92 Å². The van der Waals surface area contributed by atoms with Gasteiger partial charge in [-0.05, 0) is 18.6 Å². The third kappa shape index (κ3) is 1.39. The molecular formula is C10H9BrO3. The number of carbonyl (C=O) groups excluding carboxylic acids is 1. The smallest absolute Gasteiger partial charge is 0.172 e. The Morgan fingerprint density at radius 3 is 2.86 bits per heavy atom. The Hall–Kier alpha value is -1.03. The topological polar surface area (TPSA) is 35.5 Å². The van der Waals surface area contributed by atoms with Crippen LogP contribution in [-0.4, -0.2) is 19.5 Å². The van der Waals surface area contributed by atoms with Gasteiger partial charge >= 0.3 is 0 Å². The van der Waals surface area contributed by atoms with Crippen LogP contribution in [0.15, 0.2) is 10.5 Å². The van der Waals surface area contributed by atoms with Gasteiger partial charge in [0.15, 0.2) is 17.8 Å². The van der Waals surface area contributed by atoms with E-state index in [2.05, 4.69) is 15.9 Å². The van der Waals surface area contributed by atoms with Gasteiger partial charge in [-0.25, -0.2) is 0 Å². The minimum atomic E-state index is 0.495. The van der Waals surface area contributed by atoms with Crippen molar-refractivity contribution in [2.45, 2.75) is 6.92 Å². The first-order valence-corrected chi connectivity index (χ1v) is 5.07. The number of hydrogen-bond acceptors (Lipinski definition) is 3. The first-order valence-electron chi connectivity index (χ1n) is 4.28. The molecule has 14 heavy (non-hydrogen) atoms. The molecule has 2 rings (SSSR count). The lowest BCUT2D eigenvalue weighted by atomic mass is 10.1. The molecule has 0 saturated heterocycles. The van der Waals surface area contributed by atoms with Crippen molar-refractivity contribution >= 4 is 22.2 Å². The molecule has 0 aliphatic carbocycles. The Labute approximate surface area is 90.1 Å². The van der Waals surface area contributed by atoms with Crippen molar-refractivity contribution in [3.8, 4) is 11.5 Å². The number of carbonyl (C=O) groups is 1. The molecule has 1 heterocycles. The van der Waals surface area contributed by atoms with Crippen molar-refractivity contribution in [3.63, 3.8) is 0 Å². The average Bonchev–Trinajstić information content (AvgIpc) is 2.20. The van der Waals surface area contributed by atoms with E-state index < -0.39 is 0 Å². The zero-order chi connectivity index (χ0) is 10.1. The van der Waals surface area contributed by atoms with Crippen molar-refractivity contribution < 1.29 is 14.3 Å². The molecule has 0 amide bonds. The first-order chi connectivity index (χ1) is 6.74. The summed E-state index contributed by atoms with van der Waals surface area (Å²) in [6.07, 6.45) is 0.799. The minimum absolute atomic E-state index is 0.495. The van der Waals surface area contributed by atoms with E-state index in [4.69, 9.17) is 9.47 Å². The molecule has 1 aliphatic heterocycles. The van der Waals surface area contributed by atoms with Crippen molar-refractivity contribution in [1.29, 1.82) is 0 Å². The first kappa shape index (κ1) is 9.52. The van der Waals surface area contributed by atoms with Crippen LogP contribution in [0.25, 0.3) is 0 Å². The van der Waals surface area contributed by atoms with Gasteiger partial charge in [-0.15, -0.1) is 0 Å². The lowest BCUT2D eigenvalue weighted by Gasteiger charge is -2.21. The summed E-state index contributed by atoms with van der Waals surface area (Å²) in [6.45, 7) is 2.89. The molecule has 0 radical (unpaired) electrons. The second kappa shape index (κ2) is 3.61. The van der Waals surface area contributed by atoms with Gasteiger partial charge in [-0.1, -0.05) is 15.9 Å². The maximum absolute atomic E-state index is 10.9. The SMILES string of the molecule is Cc1c(Br)cc2c(c1C=O)OCCO2. The van der Waals surface area contributed by atoms with E-state index >= 15 is 0 Å². The maximum Gasteiger partial charge on any atom is 0.172 e. The average molecular weight is 257 g/mol. The lowest BCUT2D eigenvalue weighted by molar-refractivity contribution is 0.111. The van der Waals surface area contributed by atoms with Crippen LogP contribution in [0.5, 0.6) is 11.5 Å². The van der Waals surface area contributed by atoms with Gasteiger partial charge in [0, 0.05) is 4.47 Å². The van der Waals surface area contributed by atoms with Crippen molar-refractivity contribution in [3.05, 3.63) is 21.7 Å². The third-order valence-electron chi connectivity index (χ3n) is 2.19. The van der Waals surface area contributed by atoms with Gasteiger partial charge in [0.2, 0.25) is 0 Å². The van der Waals surface area contributed by atoms with Crippen LogP contribution in [-0.2, 0) is 0 Å². The van der Waals surface area contributed by atoms with Gasteiger partial charge < -0.3 is 9.47 Å². The highest BCUT2D eigenvalue weighted by atomic mass is 79.9. The van der Waals surface area contributed by atoms with Gasteiger partial charge in [0.05, 0.1) is 5.56 Å². The van der Waals surface area contributed by atoms with E-state index in [1.165, 1.54) is 0 Å². The highest BCUT2D eigenvalue weighted by Gasteiger charge is 2.19. The normalized spacial score (nSPS) is 13.9. The summed E-state index contributed by atoms with van der Waals surface area (Å²) in [5, 5.41) is 0. The predicted octanol–water partition coefficient (Wildman–Crippen LogP) is 2.34. The molecule has 1 aromatic rings. The molecule has 1 aromatic carbocycles. The Morgan fingerprint density at radius 2 is 2.14 bits per heavy atom. The van der Waals surface area contributed by atoms with E-state index in [0.29, 0.717) is 30.3 Å². The van der Waals surface area contributed by atoms with Crippen LogP contribution in [0.3, 0.4) is 0 Å². The molecule has 0 unspecified atom stereocenters. The van der Waals surface area contributed by atoms with Crippen molar-refractivity contribution in [2.24, 2.45) is 0 Å². The molecule has 0 fully saturated rings. The summed E-state index contributed by atoms with van der Waals surface area (Å²) in [4.78, 5) is 10.9. The van der Waals surface area contributed by atoms with Gasteiger partial charge in [-0.3, -0.25) is 4.79 Å².